The lowest BCUT2D eigenvalue weighted by Gasteiger charge is -2.11. The van der Waals surface area contributed by atoms with Crippen LogP contribution in [0.4, 0.5) is 10.5 Å². The van der Waals surface area contributed by atoms with Crippen LogP contribution in [0.1, 0.15) is 0 Å². The molecule has 0 unspecified atom stereocenters. The van der Waals surface area contributed by atoms with Crippen LogP contribution in [-0.2, 0) is 9.53 Å². The highest BCUT2D eigenvalue weighted by atomic mass is 16.6. The Labute approximate surface area is 85.9 Å². The molecule has 5 heteroatoms. The maximum absolute atomic E-state index is 11.3. The first-order valence-electron chi connectivity index (χ1n) is 4.44. The molecule has 0 spiro atoms. The Morgan fingerprint density at radius 3 is 2.60 bits per heavy atom. The second kappa shape index (κ2) is 3.61. The average molecular weight is 207 g/mol. The third-order valence-corrected chi connectivity index (χ3v) is 2.16. The summed E-state index contributed by atoms with van der Waals surface area (Å²) < 4.78 is 4.68. The molecule has 1 aliphatic heterocycles. The van der Waals surface area contributed by atoms with Gasteiger partial charge >= 0.3 is 12.1 Å². The molecule has 1 aromatic carbocycles. The summed E-state index contributed by atoms with van der Waals surface area (Å²) in [5.74, 6) is -1.12. The van der Waals surface area contributed by atoms with Crippen molar-refractivity contribution in [3.63, 3.8) is 0 Å². The number of carbonyl (C=O) groups is 2. The van der Waals surface area contributed by atoms with Crippen molar-refractivity contribution in [2.24, 2.45) is 0 Å². The number of aliphatic carboxylic acids is 1. The van der Waals surface area contributed by atoms with Gasteiger partial charge in [-0.15, -0.1) is 0 Å². The second-order valence-corrected chi connectivity index (χ2v) is 3.16. The van der Waals surface area contributed by atoms with E-state index < -0.39 is 18.2 Å². The van der Waals surface area contributed by atoms with Crippen LogP contribution >= 0.6 is 0 Å². The van der Waals surface area contributed by atoms with Gasteiger partial charge in [0.2, 0.25) is 6.10 Å². The Hall–Kier alpha value is -2.04. The molecule has 0 bridgehead atoms. The highest BCUT2D eigenvalue weighted by molar-refractivity contribution is 5.93. The van der Waals surface area contributed by atoms with Gasteiger partial charge in [-0.2, -0.15) is 0 Å². The number of rotatable bonds is 2. The van der Waals surface area contributed by atoms with E-state index in [0.717, 1.165) is 0 Å². The first-order chi connectivity index (χ1) is 7.18. The minimum Gasteiger partial charge on any atom is -0.478 e. The van der Waals surface area contributed by atoms with Gasteiger partial charge in [0.05, 0.1) is 6.54 Å². The molecule has 1 saturated heterocycles. The lowest BCUT2D eigenvalue weighted by atomic mass is 10.3. The van der Waals surface area contributed by atoms with Crippen molar-refractivity contribution in [3.05, 3.63) is 30.3 Å². The van der Waals surface area contributed by atoms with Crippen molar-refractivity contribution in [2.75, 3.05) is 11.4 Å². The molecule has 1 fully saturated rings. The molecule has 1 heterocycles. The van der Waals surface area contributed by atoms with E-state index in [1.165, 1.54) is 4.90 Å². The van der Waals surface area contributed by atoms with Crippen molar-refractivity contribution in [2.45, 2.75) is 6.10 Å². The number of cyclic esters (lactones) is 1. The largest absolute Gasteiger partial charge is 0.478 e. The Morgan fingerprint density at radius 2 is 2.07 bits per heavy atom. The van der Waals surface area contributed by atoms with Crippen LogP contribution in [0.5, 0.6) is 0 Å². The summed E-state index contributed by atoms with van der Waals surface area (Å²) in [6.07, 6.45) is -1.69. The fraction of sp³-hybridized carbons (Fsp3) is 0.200. The van der Waals surface area contributed by atoms with Gasteiger partial charge in [-0.25, -0.2) is 9.59 Å². The van der Waals surface area contributed by atoms with Crippen molar-refractivity contribution in [1.29, 1.82) is 0 Å². The molecule has 1 aromatic rings. The fourth-order valence-corrected chi connectivity index (χ4v) is 1.41. The Bertz CT molecular complexity index is 390. The van der Waals surface area contributed by atoms with Crippen LogP contribution in [0.15, 0.2) is 30.3 Å². The zero-order valence-electron chi connectivity index (χ0n) is 7.79. The minimum atomic E-state index is -1.12. The van der Waals surface area contributed by atoms with Crippen LogP contribution < -0.4 is 4.90 Å². The zero-order valence-corrected chi connectivity index (χ0v) is 7.79. The molecular formula is C10H9NO4. The van der Waals surface area contributed by atoms with Crippen LogP contribution in [0.2, 0.25) is 0 Å². The molecule has 1 aliphatic rings. The van der Waals surface area contributed by atoms with Crippen molar-refractivity contribution in [1.82, 2.24) is 0 Å². The van der Waals surface area contributed by atoms with E-state index in [1.807, 2.05) is 6.07 Å². The second-order valence-electron chi connectivity index (χ2n) is 3.16. The van der Waals surface area contributed by atoms with Gasteiger partial charge in [0.25, 0.3) is 0 Å². The van der Waals surface area contributed by atoms with E-state index in [4.69, 9.17) is 5.11 Å². The van der Waals surface area contributed by atoms with Gasteiger partial charge in [0, 0.05) is 5.69 Å². The monoisotopic (exact) mass is 207 g/mol. The number of nitrogens with zero attached hydrogens (tertiary/aromatic N) is 1. The SMILES string of the molecule is O=C(O)[C@@H]1CN(c2ccccc2)C(=O)O1. The number of carboxylic acid groups (broad SMARTS) is 1. The number of benzene rings is 1. The molecule has 15 heavy (non-hydrogen) atoms. The van der Waals surface area contributed by atoms with Crippen LogP contribution in [0.25, 0.3) is 0 Å². The number of anilines is 1. The van der Waals surface area contributed by atoms with Gasteiger partial charge in [0.1, 0.15) is 0 Å². The predicted molar refractivity (Wildman–Crippen MR) is 51.7 cm³/mol. The van der Waals surface area contributed by atoms with Gasteiger partial charge < -0.3 is 9.84 Å². The van der Waals surface area contributed by atoms with Gasteiger partial charge in [0.15, 0.2) is 0 Å². The standard InChI is InChI=1S/C10H9NO4/c12-9(13)8-6-11(10(14)15-8)7-4-2-1-3-5-7/h1-5,8H,6H2,(H,12,13)/t8-/m0/s1. The van der Waals surface area contributed by atoms with Crippen molar-refractivity contribution >= 4 is 17.7 Å². The minimum absolute atomic E-state index is 0.0537. The Kier molecular flexibility index (Phi) is 2.29. The number of hydrogen-bond donors (Lipinski definition) is 1. The summed E-state index contributed by atoms with van der Waals surface area (Å²) in [6, 6.07) is 8.82. The molecule has 0 saturated carbocycles. The molecule has 0 radical (unpaired) electrons. The third kappa shape index (κ3) is 1.76. The van der Waals surface area contributed by atoms with Crippen LogP contribution in [-0.4, -0.2) is 29.8 Å². The number of carboxylic acids is 1. The molecule has 1 atom stereocenters. The zero-order chi connectivity index (χ0) is 10.8. The Morgan fingerprint density at radius 1 is 1.40 bits per heavy atom. The average Bonchev–Trinajstić information content (AvgIpc) is 2.62. The van der Waals surface area contributed by atoms with E-state index in [1.54, 1.807) is 24.3 Å². The van der Waals surface area contributed by atoms with E-state index in [9.17, 15) is 9.59 Å². The van der Waals surface area contributed by atoms with Crippen LogP contribution in [0, 0.1) is 0 Å². The lowest BCUT2D eigenvalue weighted by Crippen LogP contribution is -2.27. The fourth-order valence-electron chi connectivity index (χ4n) is 1.41. The Balaban J connectivity index is 2.19. The number of ether oxygens (including phenoxy) is 1. The summed E-state index contributed by atoms with van der Waals surface area (Å²) in [5.41, 5.74) is 0.645. The van der Waals surface area contributed by atoms with E-state index in [2.05, 4.69) is 4.74 Å². The van der Waals surface area contributed by atoms with Crippen molar-refractivity contribution in [3.8, 4) is 0 Å². The first-order valence-corrected chi connectivity index (χ1v) is 4.44. The third-order valence-electron chi connectivity index (χ3n) is 2.16. The highest BCUT2D eigenvalue weighted by Crippen LogP contribution is 2.20. The first kappa shape index (κ1) is 9.51. The molecule has 0 aliphatic carbocycles. The van der Waals surface area contributed by atoms with E-state index >= 15 is 0 Å². The molecule has 1 N–H and O–H groups in total. The van der Waals surface area contributed by atoms with E-state index in [0.29, 0.717) is 5.69 Å². The van der Waals surface area contributed by atoms with Crippen molar-refractivity contribution < 1.29 is 19.4 Å². The predicted octanol–water partition coefficient (Wildman–Crippen LogP) is 1.10. The number of para-hydroxylation sites is 1. The summed E-state index contributed by atoms with van der Waals surface area (Å²) in [6.45, 7) is 0.0537. The molecule has 0 aromatic heterocycles. The molecule has 78 valence electrons. The number of amides is 1. The number of carbonyl (C=O) groups excluding carboxylic acids is 1. The van der Waals surface area contributed by atoms with E-state index in [-0.39, 0.29) is 6.54 Å². The topological polar surface area (TPSA) is 66.8 Å². The maximum Gasteiger partial charge on any atom is 0.415 e. The summed E-state index contributed by atoms with van der Waals surface area (Å²) >= 11 is 0. The van der Waals surface area contributed by atoms with Gasteiger partial charge in [-0.3, -0.25) is 4.90 Å². The maximum atomic E-state index is 11.3. The molecule has 5 nitrogen and oxygen atoms in total. The van der Waals surface area contributed by atoms with Crippen LogP contribution in [0.3, 0.4) is 0 Å². The normalized spacial score (nSPS) is 20.1. The quantitative estimate of drug-likeness (QED) is 0.788. The summed E-state index contributed by atoms with van der Waals surface area (Å²) in [4.78, 5) is 23.3. The number of hydrogen-bond acceptors (Lipinski definition) is 3. The smallest absolute Gasteiger partial charge is 0.415 e. The highest BCUT2D eigenvalue weighted by Gasteiger charge is 2.36. The lowest BCUT2D eigenvalue weighted by molar-refractivity contribution is -0.144. The molecular weight excluding hydrogens is 198 g/mol. The molecule has 1 amide bonds. The summed E-state index contributed by atoms with van der Waals surface area (Å²) in [7, 11) is 0. The summed E-state index contributed by atoms with van der Waals surface area (Å²) in [5, 5.41) is 8.69. The van der Waals surface area contributed by atoms with Gasteiger partial charge in [-0.1, -0.05) is 18.2 Å². The molecule has 2 rings (SSSR count). The van der Waals surface area contributed by atoms with Gasteiger partial charge in [-0.05, 0) is 12.1 Å².